The highest BCUT2D eigenvalue weighted by molar-refractivity contribution is 5.97. The number of carbonyl (C=O) groups excluding carboxylic acids is 2. The third-order valence-corrected chi connectivity index (χ3v) is 5.23. The molecule has 6 nitrogen and oxygen atoms in total. The van der Waals surface area contributed by atoms with Crippen LogP contribution in [-0.4, -0.2) is 54.3 Å². The molecule has 0 saturated carbocycles. The van der Waals surface area contributed by atoms with Gasteiger partial charge >= 0.3 is 0 Å². The predicted octanol–water partition coefficient (Wildman–Crippen LogP) is 1.85. The van der Waals surface area contributed by atoms with E-state index < -0.39 is 5.91 Å². The standard InChI is InChI=1S/C22H28N4O2/c1-2-25-11-13-26(14-12-25)16-18-5-3-17(4-6-18)15-24-22(28)20-9-7-19(8-10-20)21(23)27/h3-10H,2,11-16H2,1H3,(H2,23,27)(H,24,28). The number of primary amides is 1. The monoisotopic (exact) mass is 380 g/mol. The fourth-order valence-electron chi connectivity index (χ4n) is 3.35. The van der Waals surface area contributed by atoms with Crippen molar-refractivity contribution in [3.8, 4) is 0 Å². The van der Waals surface area contributed by atoms with Crippen LogP contribution in [0.2, 0.25) is 0 Å². The van der Waals surface area contributed by atoms with Crippen molar-refractivity contribution >= 4 is 11.8 Å². The van der Waals surface area contributed by atoms with Crippen molar-refractivity contribution in [1.29, 1.82) is 0 Å². The Kier molecular flexibility index (Phi) is 6.79. The molecular formula is C22H28N4O2. The van der Waals surface area contributed by atoms with Crippen LogP contribution >= 0.6 is 0 Å². The van der Waals surface area contributed by atoms with E-state index >= 15 is 0 Å². The number of hydrogen-bond acceptors (Lipinski definition) is 4. The predicted molar refractivity (Wildman–Crippen MR) is 110 cm³/mol. The molecular weight excluding hydrogens is 352 g/mol. The van der Waals surface area contributed by atoms with Gasteiger partial charge in [0.1, 0.15) is 0 Å². The maximum absolute atomic E-state index is 12.2. The third-order valence-electron chi connectivity index (χ3n) is 5.23. The highest BCUT2D eigenvalue weighted by Crippen LogP contribution is 2.11. The molecule has 0 spiro atoms. The van der Waals surface area contributed by atoms with Crippen LogP contribution in [0.5, 0.6) is 0 Å². The van der Waals surface area contributed by atoms with Crippen LogP contribution in [-0.2, 0) is 13.1 Å². The highest BCUT2D eigenvalue weighted by Gasteiger charge is 2.15. The summed E-state index contributed by atoms with van der Waals surface area (Å²) in [6.45, 7) is 9.28. The largest absolute Gasteiger partial charge is 0.366 e. The van der Waals surface area contributed by atoms with Crippen LogP contribution in [0.25, 0.3) is 0 Å². The van der Waals surface area contributed by atoms with E-state index in [0.717, 1.165) is 44.8 Å². The molecule has 0 radical (unpaired) electrons. The van der Waals surface area contributed by atoms with Crippen molar-refractivity contribution in [2.75, 3.05) is 32.7 Å². The molecule has 6 heteroatoms. The van der Waals surface area contributed by atoms with E-state index in [0.29, 0.717) is 17.7 Å². The van der Waals surface area contributed by atoms with Gasteiger partial charge in [-0.25, -0.2) is 0 Å². The summed E-state index contributed by atoms with van der Waals surface area (Å²) in [5, 5.41) is 2.91. The number of carbonyl (C=O) groups is 2. The summed E-state index contributed by atoms with van der Waals surface area (Å²) in [6.07, 6.45) is 0. The van der Waals surface area contributed by atoms with E-state index in [1.165, 1.54) is 5.56 Å². The van der Waals surface area contributed by atoms with Gasteiger partial charge in [0.05, 0.1) is 0 Å². The molecule has 0 bridgehead atoms. The molecule has 1 heterocycles. The average molecular weight is 380 g/mol. The van der Waals surface area contributed by atoms with Crippen LogP contribution in [0.15, 0.2) is 48.5 Å². The van der Waals surface area contributed by atoms with Crippen LogP contribution in [0, 0.1) is 0 Å². The molecule has 1 aliphatic rings. The lowest BCUT2D eigenvalue weighted by Crippen LogP contribution is -2.45. The number of piperazine rings is 1. The Balaban J connectivity index is 1.47. The molecule has 3 rings (SSSR count). The fraction of sp³-hybridized carbons (Fsp3) is 0.364. The van der Waals surface area contributed by atoms with Crippen molar-refractivity contribution in [3.05, 3.63) is 70.8 Å². The van der Waals surface area contributed by atoms with E-state index in [1.807, 2.05) is 0 Å². The van der Waals surface area contributed by atoms with Crippen LogP contribution in [0.4, 0.5) is 0 Å². The summed E-state index contributed by atoms with van der Waals surface area (Å²) in [4.78, 5) is 28.3. The molecule has 1 saturated heterocycles. The van der Waals surface area contributed by atoms with Gasteiger partial charge < -0.3 is 16.0 Å². The van der Waals surface area contributed by atoms with Gasteiger partial charge in [-0.15, -0.1) is 0 Å². The van der Waals surface area contributed by atoms with Gasteiger partial charge in [-0.3, -0.25) is 14.5 Å². The van der Waals surface area contributed by atoms with E-state index in [-0.39, 0.29) is 5.91 Å². The minimum Gasteiger partial charge on any atom is -0.366 e. The van der Waals surface area contributed by atoms with Crippen molar-refractivity contribution < 1.29 is 9.59 Å². The molecule has 0 unspecified atom stereocenters. The van der Waals surface area contributed by atoms with Gasteiger partial charge in [0.15, 0.2) is 0 Å². The molecule has 28 heavy (non-hydrogen) atoms. The first-order chi connectivity index (χ1) is 13.5. The van der Waals surface area contributed by atoms with Gasteiger partial charge in [-0.2, -0.15) is 0 Å². The van der Waals surface area contributed by atoms with Crippen molar-refractivity contribution in [2.24, 2.45) is 5.73 Å². The Morgan fingerprint density at radius 2 is 1.39 bits per heavy atom. The topological polar surface area (TPSA) is 78.7 Å². The molecule has 0 aliphatic carbocycles. The second-order valence-electron chi connectivity index (χ2n) is 7.15. The lowest BCUT2D eigenvalue weighted by atomic mass is 10.1. The van der Waals surface area contributed by atoms with Gasteiger partial charge in [-0.1, -0.05) is 31.2 Å². The summed E-state index contributed by atoms with van der Waals surface area (Å²) < 4.78 is 0. The number of amides is 2. The number of hydrogen-bond donors (Lipinski definition) is 2. The number of rotatable bonds is 7. The summed E-state index contributed by atoms with van der Waals surface area (Å²) in [5.74, 6) is -0.673. The Morgan fingerprint density at radius 1 is 0.857 bits per heavy atom. The number of likely N-dealkylation sites (N-methyl/N-ethyl adjacent to an activating group) is 1. The molecule has 1 aliphatic heterocycles. The summed E-state index contributed by atoms with van der Waals surface area (Å²) in [6, 6.07) is 14.7. The molecule has 1 fully saturated rings. The summed E-state index contributed by atoms with van der Waals surface area (Å²) in [5.41, 5.74) is 8.46. The maximum Gasteiger partial charge on any atom is 0.251 e. The molecule has 148 valence electrons. The smallest absolute Gasteiger partial charge is 0.251 e. The van der Waals surface area contributed by atoms with Crippen LogP contribution in [0.1, 0.15) is 38.8 Å². The minimum atomic E-state index is -0.501. The first-order valence-electron chi connectivity index (χ1n) is 9.75. The van der Waals surface area contributed by atoms with E-state index in [9.17, 15) is 9.59 Å². The van der Waals surface area contributed by atoms with Gasteiger partial charge in [0.2, 0.25) is 5.91 Å². The Morgan fingerprint density at radius 3 is 1.96 bits per heavy atom. The summed E-state index contributed by atoms with van der Waals surface area (Å²) >= 11 is 0. The molecule has 2 amide bonds. The molecule has 2 aromatic rings. The van der Waals surface area contributed by atoms with Crippen molar-refractivity contribution in [2.45, 2.75) is 20.0 Å². The zero-order valence-corrected chi connectivity index (χ0v) is 16.4. The Hall–Kier alpha value is -2.70. The zero-order valence-electron chi connectivity index (χ0n) is 16.4. The zero-order chi connectivity index (χ0) is 19.9. The lowest BCUT2D eigenvalue weighted by Gasteiger charge is -2.34. The number of benzene rings is 2. The first kappa shape index (κ1) is 20.0. The van der Waals surface area contributed by atoms with Crippen molar-refractivity contribution in [3.63, 3.8) is 0 Å². The molecule has 0 aromatic heterocycles. The SMILES string of the molecule is CCN1CCN(Cc2ccc(CNC(=O)c3ccc(C(N)=O)cc3)cc2)CC1. The lowest BCUT2D eigenvalue weighted by molar-refractivity contribution is 0.0948. The molecule has 3 N–H and O–H groups in total. The van der Waals surface area contributed by atoms with Crippen LogP contribution < -0.4 is 11.1 Å². The quantitative estimate of drug-likeness (QED) is 0.768. The molecule has 0 atom stereocenters. The van der Waals surface area contributed by atoms with Crippen molar-refractivity contribution in [1.82, 2.24) is 15.1 Å². The van der Waals surface area contributed by atoms with Crippen LogP contribution in [0.3, 0.4) is 0 Å². The van der Waals surface area contributed by atoms with E-state index in [2.05, 4.69) is 46.3 Å². The second kappa shape index (κ2) is 9.48. The number of nitrogens with one attached hydrogen (secondary N) is 1. The fourth-order valence-corrected chi connectivity index (χ4v) is 3.35. The van der Waals surface area contributed by atoms with Gasteiger partial charge in [0, 0.05) is 50.4 Å². The van der Waals surface area contributed by atoms with E-state index in [1.54, 1.807) is 24.3 Å². The normalized spacial score (nSPS) is 15.3. The number of nitrogens with two attached hydrogens (primary N) is 1. The maximum atomic E-state index is 12.2. The van der Waals surface area contributed by atoms with E-state index in [4.69, 9.17) is 5.73 Å². The molecule has 2 aromatic carbocycles. The third kappa shape index (κ3) is 5.41. The minimum absolute atomic E-state index is 0.172. The Bertz CT molecular complexity index is 794. The highest BCUT2D eigenvalue weighted by atomic mass is 16.2. The van der Waals surface area contributed by atoms with Gasteiger partial charge in [0.25, 0.3) is 5.91 Å². The average Bonchev–Trinajstić information content (AvgIpc) is 2.73. The first-order valence-corrected chi connectivity index (χ1v) is 9.75. The van der Waals surface area contributed by atoms with Gasteiger partial charge in [-0.05, 0) is 41.9 Å². The Labute approximate surface area is 166 Å². The summed E-state index contributed by atoms with van der Waals surface area (Å²) in [7, 11) is 0. The second-order valence-corrected chi connectivity index (χ2v) is 7.15. The number of nitrogens with zero attached hydrogens (tertiary/aromatic N) is 2.